The summed E-state index contributed by atoms with van der Waals surface area (Å²) in [6.07, 6.45) is 2.93. The van der Waals surface area contributed by atoms with Gasteiger partial charge in [0, 0.05) is 12.1 Å². The molecule has 0 aromatic carbocycles. The molecule has 0 saturated heterocycles. The van der Waals surface area contributed by atoms with Gasteiger partial charge in [-0.25, -0.2) is 0 Å². The number of rotatable bonds is 6. The van der Waals surface area contributed by atoms with Gasteiger partial charge in [-0.2, -0.15) is 19.6 Å². The van der Waals surface area contributed by atoms with Crippen molar-refractivity contribution in [2.24, 2.45) is 5.92 Å². The van der Waals surface area contributed by atoms with E-state index in [4.69, 9.17) is 11.6 Å². The molecule has 0 aliphatic heterocycles. The van der Waals surface area contributed by atoms with E-state index >= 15 is 0 Å². The van der Waals surface area contributed by atoms with Crippen LogP contribution in [0.3, 0.4) is 0 Å². The first kappa shape index (κ1) is 15.0. The van der Waals surface area contributed by atoms with Crippen LogP contribution < -0.4 is 5.32 Å². The first-order valence-corrected chi connectivity index (χ1v) is 7.24. The van der Waals surface area contributed by atoms with Gasteiger partial charge in [-0.1, -0.05) is 38.3 Å². The fraction of sp³-hybridized carbons (Fsp3) is 0.615. The van der Waals surface area contributed by atoms with Crippen molar-refractivity contribution in [2.45, 2.75) is 39.7 Å². The van der Waals surface area contributed by atoms with Gasteiger partial charge < -0.3 is 10.4 Å². The van der Waals surface area contributed by atoms with Gasteiger partial charge in [0.05, 0.1) is 6.10 Å². The molecule has 110 valence electrons. The monoisotopic (exact) mass is 297 g/mol. The summed E-state index contributed by atoms with van der Waals surface area (Å²) in [5, 5.41) is 17.9. The summed E-state index contributed by atoms with van der Waals surface area (Å²) in [5.74, 6) is 1.45. The third kappa shape index (κ3) is 2.86. The second kappa shape index (κ2) is 6.37. The van der Waals surface area contributed by atoms with E-state index in [2.05, 4.69) is 34.2 Å². The molecule has 0 amide bonds. The van der Waals surface area contributed by atoms with Crippen molar-refractivity contribution < 1.29 is 5.11 Å². The molecule has 0 spiro atoms. The molecule has 0 aliphatic carbocycles. The van der Waals surface area contributed by atoms with Gasteiger partial charge >= 0.3 is 0 Å². The Morgan fingerprint density at radius 3 is 2.75 bits per heavy atom. The Hall–Kier alpha value is -1.40. The van der Waals surface area contributed by atoms with Crippen LogP contribution in [-0.4, -0.2) is 37.3 Å². The van der Waals surface area contributed by atoms with Crippen molar-refractivity contribution >= 4 is 23.2 Å². The number of nitrogens with zero attached hydrogens (tertiary/aromatic N) is 4. The normalized spacial score (nSPS) is 13.1. The smallest absolute Gasteiger partial charge is 0.255 e. The predicted molar refractivity (Wildman–Crippen MR) is 79.1 cm³/mol. The molecule has 0 saturated carbocycles. The van der Waals surface area contributed by atoms with E-state index in [9.17, 15) is 5.11 Å². The van der Waals surface area contributed by atoms with Gasteiger partial charge in [-0.05, 0) is 12.8 Å². The molecule has 2 N–H and O–H groups in total. The molecule has 0 aliphatic rings. The first-order chi connectivity index (χ1) is 9.58. The maximum atomic E-state index is 10.2. The van der Waals surface area contributed by atoms with Crippen LogP contribution in [0.15, 0.2) is 6.33 Å². The Balaban J connectivity index is 2.21. The third-order valence-corrected chi connectivity index (χ3v) is 4.04. The van der Waals surface area contributed by atoms with Crippen molar-refractivity contribution in [1.29, 1.82) is 0 Å². The van der Waals surface area contributed by atoms with E-state index in [-0.39, 0.29) is 5.92 Å². The Morgan fingerprint density at radius 2 is 2.10 bits per heavy atom. The third-order valence-electron chi connectivity index (χ3n) is 3.68. The zero-order chi connectivity index (χ0) is 14.7. The van der Waals surface area contributed by atoms with Gasteiger partial charge in [0.1, 0.15) is 17.3 Å². The Bertz CT molecular complexity index is 581. The Labute approximate surface area is 123 Å². The minimum atomic E-state index is -0.407. The van der Waals surface area contributed by atoms with Crippen LogP contribution >= 0.6 is 11.6 Å². The average Bonchev–Trinajstić information content (AvgIpc) is 2.88. The lowest BCUT2D eigenvalue weighted by Gasteiger charge is -2.21. The van der Waals surface area contributed by atoms with Crippen molar-refractivity contribution in [3.8, 4) is 0 Å². The maximum absolute atomic E-state index is 10.2. The van der Waals surface area contributed by atoms with Crippen molar-refractivity contribution in [3.05, 3.63) is 17.0 Å². The molecule has 2 rings (SSSR count). The lowest BCUT2D eigenvalue weighted by Crippen LogP contribution is -2.28. The zero-order valence-corrected chi connectivity index (χ0v) is 12.7. The molecule has 2 aromatic rings. The van der Waals surface area contributed by atoms with Gasteiger partial charge in [0.25, 0.3) is 5.78 Å². The molecule has 6 nitrogen and oxygen atoms in total. The average molecular weight is 298 g/mol. The zero-order valence-electron chi connectivity index (χ0n) is 12.0. The van der Waals surface area contributed by atoms with Crippen LogP contribution in [0.25, 0.3) is 5.78 Å². The van der Waals surface area contributed by atoms with Crippen molar-refractivity contribution in [3.63, 3.8) is 0 Å². The lowest BCUT2D eigenvalue weighted by atomic mass is 9.96. The minimum absolute atomic E-state index is 0.284. The number of hydrogen-bond acceptors (Lipinski definition) is 5. The van der Waals surface area contributed by atoms with Gasteiger partial charge in [-0.3, -0.25) is 0 Å². The SMILES string of the molecule is CCC(CC)C(O)CNc1c(C)c(Cl)nc2ncnn12. The number of aromatic nitrogens is 4. The highest BCUT2D eigenvalue weighted by Gasteiger charge is 2.17. The van der Waals surface area contributed by atoms with Gasteiger partial charge in [-0.15, -0.1) is 0 Å². The number of fused-ring (bicyclic) bond motifs is 1. The van der Waals surface area contributed by atoms with Crippen LogP contribution in [0.2, 0.25) is 5.15 Å². The number of halogens is 1. The Morgan fingerprint density at radius 1 is 1.40 bits per heavy atom. The summed E-state index contributed by atoms with van der Waals surface area (Å²) in [5.41, 5.74) is 0.793. The highest BCUT2D eigenvalue weighted by Crippen LogP contribution is 2.22. The summed E-state index contributed by atoms with van der Waals surface area (Å²) in [7, 11) is 0. The Kier molecular flexibility index (Phi) is 4.77. The van der Waals surface area contributed by atoms with Gasteiger partial charge in [0.2, 0.25) is 0 Å². The largest absolute Gasteiger partial charge is 0.391 e. The van der Waals surface area contributed by atoms with Gasteiger partial charge in [0.15, 0.2) is 0 Å². The van der Waals surface area contributed by atoms with Crippen LogP contribution in [0.1, 0.15) is 32.3 Å². The highest BCUT2D eigenvalue weighted by molar-refractivity contribution is 6.30. The molecule has 1 unspecified atom stereocenters. The predicted octanol–water partition coefficient (Wildman–Crippen LogP) is 2.30. The van der Waals surface area contributed by atoms with Crippen LogP contribution in [-0.2, 0) is 0 Å². The fourth-order valence-corrected chi connectivity index (χ4v) is 2.47. The number of anilines is 1. The quantitative estimate of drug-likeness (QED) is 0.800. The molecule has 7 heteroatoms. The summed E-state index contributed by atoms with van der Waals surface area (Å²) < 4.78 is 1.60. The second-order valence-corrected chi connectivity index (χ2v) is 5.23. The highest BCUT2D eigenvalue weighted by atomic mass is 35.5. The first-order valence-electron chi connectivity index (χ1n) is 6.86. The number of hydrogen-bond donors (Lipinski definition) is 2. The molecule has 2 aromatic heterocycles. The van der Waals surface area contributed by atoms with Crippen LogP contribution in [0.5, 0.6) is 0 Å². The van der Waals surface area contributed by atoms with E-state index in [1.165, 1.54) is 6.33 Å². The lowest BCUT2D eigenvalue weighted by molar-refractivity contribution is 0.114. The summed E-state index contributed by atoms with van der Waals surface area (Å²) in [4.78, 5) is 8.17. The number of aliphatic hydroxyl groups is 1. The molecule has 2 heterocycles. The van der Waals surface area contributed by atoms with Crippen molar-refractivity contribution in [1.82, 2.24) is 19.6 Å². The minimum Gasteiger partial charge on any atom is -0.391 e. The van der Waals surface area contributed by atoms with Crippen molar-refractivity contribution in [2.75, 3.05) is 11.9 Å². The summed E-state index contributed by atoms with van der Waals surface area (Å²) in [6.45, 7) is 6.48. The summed E-state index contributed by atoms with van der Waals surface area (Å²) in [6, 6.07) is 0. The molecule has 1 atom stereocenters. The number of aliphatic hydroxyl groups excluding tert-OH is 1. The molecule has 20 heavy (non-hydrogen) atoms. The van der Waals surface area contributed by atoms with E-state index in [1.807, 2.05) is 6.92 Å². The van der Waals surface area contributed by atoms with Crippen LogP contribution in [0, 0.1) is 12.8 Å². The van der Waals surface area contributed by atoms with E-state index in [0.717, 1.165) is 24.2 Å². The van der Waals surface area contributed by atoms with E-state index in [0.29, 0.717) is 17.5 Å². The standard InChI is InChI=1S/C13H20ClN5O/c1-4-9(5-2)10(20)6-15-12-8(3)11(14)18-13-16-7-17-19(12)13/h7,9-10,15,20H,4-6H2,1-3H3. The number of nitrogens with one attached hydrogen (secondary N) is 1. The molecule has 0 bridgehead atoms. The molecular weight excluding hydrogens is 278 g/mol. The topological polar surface area (TPSA) is 75.3 Å². The fourth-order valence-electron chi connectivity index (χ4n) is 2.31. The van der Waals surface area contributed by atoms with E-state index in [1.54, 1.807) is 4.52 Å². The van der Waals surface area contributed by atoms with Crippen LogP contribution in [0.4, 0.5) is 5.82 Å². The van der Waals surface area contributed by atoms with E-state index < -0.39 is 6.10 Å². The molecular formula is C13H20ClN5O. The summed E-state index contributed by atoms with van der Waals surface area (Å²) >= 11 is 6.09. The maximum Gasteiger partial charge on any atom is 0.255 e. The molecule has 0 radical (unpaired) electrons. The second-order valence-electron chi connectivity index (χ2n) is 4.87. The molecule has 0 fully saturated rings.